The Kier molecular flexibility index (Phi) is 5.21. The number of aryl methyl sites for hydroxylation is 1. The third kappa shape index (κ3) is 3.75. The molecule has 0 spiro atoms. The van der Waals surface area contributed by atoms with Crippen LogP contribution in [-0.4, -0.2) is 22.8 Å². The first kappa shape index (κ1) is 20.2. The van der Waals surface area contributed by atoms with Crippen molar-refractivity contribution in [3.63, 3.8) is 0 Å². The van der Waals surface area contributed by atoms with Crippen molar-refractivity contribution in [3.8, 4) is 11.5 Å². The van der Waals surface area contributed by atoms with Gasteiger partial charge in [-0.25, -0.2) is 0 Å². The molecule has 1 atom stereocenters. The molecule has 1 amide bonds. The minimum absolute atomic E-state index is 0.146. The van der Waals surface area contributed by atoms with Crippen molar-refractivity contribution in [2.24, 2.45) is 0 Å². The first-order valence-corrected chi connectivity index (χ1v) is 9.64. The van der Waals surface area contributed by atoms with Gasteiger partial charge in [0.2, 0.25) is 0 Å². The van der Waals surface area contributed by atoms with Gasteiger partial charge in [0.15, 0.2) is 0 Å². The van der Waals surface area contributed by atoms with E-state index in [1.54, 1.807) is 29.2 Å². The molecule has 8 nitrogen and oxygen atoms in total. The molecular weight excluding hydrogens is 398 g/mol. The van der Waals surface area contributed by atoms with Gasteiger partial charge in [0.25, 0.3) is 11.6 Å². The normalized spacial score (nSPS) is 15.2. The Labute approximate surface area is 178 Å². The molecule has 0 radical (unpaired) electrons. The number of fused-ring (bicyclic) bond motifs is 1. The van der Waals surface area contributed by atoms with Crippen LogP contribution in [0.3, 0.4) is 0 Å². The fourth-order valence-electron chi connectivity index (χ4n) is 3.66. The zero-order chi connectivity index (χ0) is 22.1. The summed E-state index contributed by atoms with van der Waals surface area (Å²) in [5.74, 6) is -1.16. The number of benzene rings is 3. The molecule has 1 aliphatic rings. The summed E-state index contributed by atoms with van der Waals surface area (Å²) >= 11 is 0. The second-order valence-corrected chi connectivity index (χ2v) is 7.34. The number of nitrogens with zero attached hydrogens (tertiary/aromatic N) is 2. The Bertz CT molecular complexity index is 1160. The van der Waals surface area contributed by atoms with Gasteiger partial charge in [0, 0.05) is 29.6 Å². The van der Waals surface area contributed by atoms with Gasteiger partial charge >= 0.3 is 0 Å². The molecule has 1 heterocycles. The lowest BCUT2D eigenvalue weighted by Crippen LogP contribution is -2.42. The van der Waals surface area contributed by atoms with Crippen molar-refractivity contribution in [3.05, 3.63) is 93.0 Å². The third-order valence-corrected chi connectivity index (χ3v) is 5.29. The summed E-state index contributed by atoms with van der Waals surface area (Å²) in [6, 6.07) is 17.5. The van der Waals surface area contributed by atoms with E-state index in [4.69, 9.17) is 4.74 Å². The number of carbonyl (C=O) groups is 1. The predicted octanol–water partition coefficient (Wildman–Crippen LogP) is 3.75. The topological polar surface area (TPSA) is 108 Å². The van der Waals surface area contributed by atoms with E-state index in [1.165, 1.54) is 19.2 Å². The number of nitro groups is 1. The van der Waals surface area contributed by atoms with Gasteiger partial charge in [-0.15, -0.1) is 0 Å². The lowest BCUT2D eigenvalue weighted by atomic mass is 10.0. The van der Waals surface area contributed by atoms with Crippen LogP contribution in [0.5, 0.6) is 11.5 Å². The molecule has 4 rings (SSSR count). The predicted molar refractivity (Wildman–Crippen MR) is 113 cm³/mol. The summed E-state index contributed by atoms with van der Waals surface area (Å²) in [7, 11) is 1.28. The SMILES string of the molecule is COc1cc([C@@H]2Nc3ccccc3C(=O)N2Cc2ccc(C)cc2)cc([N+](=O)[O-])c1[O-]. The van der Waals surface area contributed by atoms with Gasteiger partial charge in [-0.05, 0) is 30.7 Å². The standard InChI is InChI=1S/C23H21N3O5/c1-14-7-9-15(10-8-14)13-25-22(24-18-6-4-3-5-17(18)23(25)28)16-11-19(26(29)30)21(27)20(12-16)31-2/h3-12,22,24,27H,13H2,1-2H3/p-1/t22-/m1/s1. The van der Waals surface area contributed by atoms with E-state index >= 15 is 0 Å². The second kappa shape index (κ2) is 7.98. The fourth-order valence-corrected chi connectivity index (χ4v) is 3.66. The minimum Gasteiger partial charge on any atom is -0.865 e. The minimum atomic E-state index is -0.802. The molecule has 0 unspecified atom stereocenters. The van der Waals surface area contributed by atoms with Crippen molar-refractivity contribution in [1.82, 2.24) is 4.90 Å². The van der Waals surface area contributed by atoms with Crippen molar-refractivity contribution in [1.29, 1.82) is 0 Å². The number of para-hydroxylation sites is 1. The van der Waals surface area contributed by atoms with Crippen LogP contribution in [0.25, 0.3) is 0 Å². The fraction of sp³-hybridized carbons (Fsp3) is 0.174. The zero-order valence-corrected chi connectivity index (χ0v) is 17.0. The molecule has 0 aliphatic carbocycles. The Hall–Kier alpha value is -4.07. The van der Waals surface area contributed by atoms with E-state index < -0.39 is 22.5 Å². The van der Waals surface area contributed by atoms with E-state index in [9.17, 15) is 20.0 Å². The second-order valence-electron chi connectivity index (χ2n) is 7.34. The zero-order valence-electron chi connectivity index (χ0n) is 17.0. The molecule has 3 aromatic rings. The monoisotopic (exact) mass is 418 g/mol. The summed E-state index contributed by atoms with van der Waals surface area (Å²) in [6.07, 6.45) is -0.725. The molecule has 0 fully saturated rings. The Morgan fingerprint density at radius 1 is 1.13 bits per heavy atom. The highest BCUT2D eigenvalue weighted by molar-refractivity contribution is 6.01. The van der Waals surface area contributed by atoms with Crippen LogP contribution < -0.4 is 15.2 Å². The molecule has 8 heteroatoms. The average Bonchev–Trinajstić information content (AvgIpc) is 2.77. The lowest BCUT2D eigenvalue weighted by molar-refractivity contribution is -0.398. The van der Waals surface area contributed by atoms with E-state index in [2.05, 4.69) is 5.32 Å². The van der Waals surface area contributed by atoms with Gasteiger partial charge in [0.1, 0.15) is 11.9 Å². The summed E-state index contributed by atoms with van der Waals surface area (Å²) in [4.78, 5) is 25.7. The summed E-state index contributed by atoms with van der Waals surface area (Å²) in [5.41, 5.74) is 2.92. The molecule has 3 aromatic carbocycles. The first-order chi connectivity index (χ1) is 14.9. The van der Waals surface area contributed by atoms with E-state index in [0.29, 0.717) is 16.8 Å². The number of methoxy groups -OCH3 is 1. The van der Waals surface area contributed by atoms with Crippen LogP contribution in [0, 0.1) is 17.0 Å². The number of amides is 1. The maximum absolute atomic E-state index is 13.4. The highest BCUT2D eigenvalue weighted by Crippen LogP contribution is 2.40. The molecule has 1 aliphatic heterocycles. The third-order valence-electron chi connectivity index (χ3n) is 5.29. The van der Waals surface area contributed by atoms with Crippen molar-refractivity contribution in [2.45, 2.75) is 19.6 Å². The van der Waals surface area contributed by atoms with Crippen molar-refractivity contribution in [2.75, 3.05) is 12.4 Å². The van der Waals surface area contributed by atoms with Gasteiger partial charge in [-0.2, -0.15) is 0 Å². The van der Waals surface area contributed by atoms with Crippen LogP contribution in [0.4, 0.5) is 11.4 Å². The largest absolute Gasteiger partial charge is 0.865 e. The van der Waals surface area contributed by atoms with Crippen LogP contribution in [-0.2, 0) is 6.54 Å². The Balaban J connectivity index is 1.83. The maximum Gasteiger partial charge on any atom is 0.265 e. The summed E-state index contributed by atoms with van der Waals surface area (Å²) < 4.78 is 5.08. The highest BCUT2D eigenvalue weighted by Gasteiger charge is 2.34. The molecule has 158 valence electrons. The quantitative estimate of drug-likeness (QED) is 0.499. The number of carbonyl (C=O) groups excluding carboxylic acids is 1. The Morgan fingerprint density at radius 3 is 2.52 bits per heavy atom. The summed E-state index contributed by atoms with van der Waals surface area (Å²) in [5, 5.41) is 27.0. The molecule has 31 heavy (non-hydrogen) atoms. The van der Waals surface area contributed by atoms with Gasteiger partial charge < -0.3 is 20.1 Å². The summed E-state index contributed by atoms with van der Waals surface area (Å²) in [6.45, 7) is 2.26. The number of nitrogens with one attached hydrogen (secondary N) is 1. The van der Waals surface area contributed by atoms with Crippen molar-refractivity contribution < 1.29 is 19.6 Å². The number of hydrogen-bond donors (Lipinski definition) is 1. The number of rotatable bonds is 5. The number of hydrogen-bond acceptors (Lipinski definition) is 6. The number of nitro benzene ring substituents is 1. The van der Waals surface area contributed by atoms with Gasteiger partial charge in [0.05, 0.1) is 17.6 Å². The van der Waals surface area contributed by atoms with Crippen molar-refractivity contribution >= 4 is 17.3 Å². The maximum atomic E-state index is 13.4. The smallest absolute Gasteiger partial charge is 0.265 e. The molecule has 1 N–H and O–H groups in total. The lowest BCUT2D eigenvalue weighted by Gasteiger charge is -2.38. The highest BCUT2D eigenvalue weighted by atomic mass is 16.6. The Morgan fingerprint density at radius 2 is 1.84 bits per heavy atom. The molecule has 0 bridgehead atoms. The molecular formula is C23H20N3O5-. The van der Waals surface area contributed by atoms with Crippen LogP contribution in [0.15, 0.2) is 60.7 Å². The van der Waals surface area contributed by atoms with Crippen LogP contribution in [0.1, 0.15) is 33.2 Å². The van der Waals surface area contributed by atoms with E-state index in [-0.39, 0.29) is 18.2 Å². The number of anilines is 1. The number of ether oxygens (including phenoxy) is 1. The van der Waals surface area contributed by atoms with Gasteiger partial charge in [-0.1, -0.05) is 42.0 Å². The van der Waals surface area contributed by atoms with Crippen LogP contribution in [0.2, 0.25) is 0 Å². The molecule has 0 saturated heterocycles. The first-order valence-electron chi connectivity index (χ1n) is 9.64. The van der Waals surface area contributed by atoms with E-state index in [0.717, 1.165) is 11.1 Å². The van der Waals surface area contributed by atoms with E-state index in [1.807, 2.05) is 31.2 Å². The molecule has 0 aromatic heterocycles. The van der Waals surface area contributed by atoms with Gasteiger partial charge in [-0.3, -0.25) is 14.9 Å². The average molecular weight is 418 g/mol. The molecule has 0 saturated carbocycles. The van der Waals surface area contributed by atoms with Crippen LogP contribution >= 0.6 is 0 Å².